The molecule has 5 nitrogen and oxygen atoms in total. The summed E-state index contributed by atoms with van der Waals surface area (Å²) in [5.41, 5.74) is 2.68. The third kappa shape index (κ3) is 5.61. The van der Waals surface area contributed by atoms with Crippen LogP contribution >= 0.6 is 0 Å². The Hall–Kier alpha value is -2.73. The van der Waals surface area contributed by atoms with Gasteiger partial charge in [0.05, 0.1) is 24.9 Å². The fourth-order valence-corrected chi connectivity index (χ4v) is 4.96. The van der Waals surface area contributed by atoms with E-state index in [1.165, 1.54) is 31.4 Å². The Balaban J connectivity index is 1.57. The minimum absolute atomic E-state index is 0.0124. The van der Waals surface area contributed by atoms with Gasteiger partial charge in [-0.25, -0.2) is 9.40 Å². The zero-order chi connectivity index (χ0) is 23.2. The molecule has 176 valence electrons. The molecule has 0 spiro atoms. The van der Waals surface area contributed by atoms with Gasteiger partial charge in [0.2, 0.25) is 0 Å². The van der Waals surface area contributed by atoms with Gasteiger partial charge in [-0.1, -0.05) is 50.5 Å². The van der Waals surface area contributed by atoms with Crippen LogP contribution in [0.4, 0.5) is 4.39 Å². The Labute approximate surface area is 196 Å². The molecule has 1 fully saturated rings. The summed E-state index contributed by atoms with van der Waals surface area (Å²) in [5, 5.41) is 6.41. The first kappa shape index (κ1) is 23.4. The smallest absolute Gasteiger partial charge is 0.257 e. The lowest BCUT2D eigenvalue weighted by molar-refractivity contribution is -0.135. The van der Waals surface area contributed by atoms with Gasteiger partial charge in [-0.15, -0.1) is 0 Å². The van der Waals surface area contributed by atoms with Crippen molar-refractivity contribution in [1.29, 1.82) is 0 Å². The lowest BCUT2D eigenvalue weighted by atomic mass is 9.94. The molecule has 2 aromatic rings. The maximum Gasteiger partial charge on any atom is 0.257 e. The van der Waals surface area contributed by atoms with Gasteiger partial charge >= 0.3 is 0 Å². The number of halogens is 1. The van der Waals surface area contributed by atoms with Crippen molar-refractivity contribution >= 4 is 11.6 Å². The highest BCUT2D eigenvalue weighted by atomic mass is 19.1. The van der Waals surface area contributed by atoms with E-state index >= 15 is 0 Å². The molecule has 1 amide bonds. The molecule has 1 aliphatic carbocycles. The first-order valence-electron chi connectivity index (χ1n) is 12.2. The van der Waals surface area contributed by atoms with Gasteiger partial charge in [0.25, 0.3) is 5.91 Å². The van der Waals surface area contributed by atoms with E-state index in [1.807, 2.05) is 31.2 Å². The van der Waals surface area contributed by atoms with Gasteiger partial charge < -0.3 is 4.74 Å². The van der Waals surface area contributed by atoms with E-state index in [0.717, 1.165) is 42.0 Å². The minimum atomic E-state index is -0.278. The average molecular weight is 452 g/mol. The maximum absolute atomic E-state index is 13.5. The van der Waals surface area contributed by atoms with Gasteiger partial charge in [-0.3, -0.25) is 9.69 Å². The van der Waals surface area contributed by atoms with Crippen LogP contribution < -0.4 is 4.74 Å². The van der Waals surface area contributed by atoms with Crippen LogP contribution in [0.2, 0.25) is 0 Å². The molecule has 0 bridgehead atoms. The normalized spacial score (nSPS) is 19.1. The number of hydrogen-bond donors (Lipinski definition) is 0. The molecule has 1 heterocycles. The van der Waals surface area contributed by atoms with E-state index in [2.05, 4.69) is 11.8 Å². The van der Waals surface area contributed by atoms with E-state index < -0.39 is 0 Å². The summed E-state index contributed by atoms with van der Waals surface area (Å²) in [6, 6.07) is 14.5. The summed E-state index contributed by atoms with van der Waals surface area (Å²) in [4.78, 5) is 15.8. The van der Waals surface area contributed by atoms with Crippen LogP contribution in [-0.4, -0.2) is 47.3 Å². The lowest BCUT2D eigenvalue weighted by Crippen LogP contribution is -2.44. The second-order valence-corrected chi connectivity index (χ2v) is 8.87. The molecule has 1 atom stereocenters. The van der Waals surface area contributed by atoms with Crippen molar-refractivity contribution in [2.45, 2.75) is 64.5 Å². The van der Waals surface area contributed by atoms with Crippen LogP contribution in [-0.2, 0) is 4.79 Å². The third-order valence-electron chi connectivity index (χ3n) is 6.75. The fourth-order valence-electron chi connectivity index (χ4n) is 4.96. The Bertz CT molecular complexity index is 952. The number of hydrazone groups is 1. The Morgan fingerprint density at radius 1 is 1.06 bits per heavy atom. The summed E-state index contributed by atoms with van der Waals surface area (Å²) in [7, 11) is 0. The van der Waals surface area contributed by atoms with E-state index in [1.54, 1.807) is 17.1 Å². The maximum atomic E-state index is 13.5. The van der Waals surface area contributed by atoms with Crippen LogP contribution in [0.1, 0.15) is 69.5 Å². The van der Waals surface area contributed by atoms with Gasteiger partial charge in [0.1, 0.15) is 11.6 Å². The molecule has 4 rings (SSSR count). The molecule has 0 N–H and O–H groups in total. The Morgan fingerprint density at radius 3 is 2.39 bits per heavy atom. The first-order valence-corrected chi connectivity index (χ1v) is 12.2. The topological polar surface area (TPSA) is 45.1 Å². The van der Waals surface area contributed by atoms with Crippen molar-refractivity contribution < 1.29 is 13.9 Å². The monoisotopic (exact) mass is 451 g/mol. The van der Waals surface area contributed by atoms with E-state index in [4.69, 9.17) is 9.84 Å². The quantitative estimate of drug-likeness (QED) is 0.528. The zero-order valence-electron chi connectivity index (χ0n) is 19.7. The largest absolute Gasteiger partial charge is 0.494 e. The summed E-state index contributed by atoms with van der Waals surface area (Å²) in [5.74, 6) is 0.545. The van der Waals surface area contributed by atoms with Crippen molar-refractivity contribution in [2.75, 3.05) is 19.7 Å². The number of amides is 1. The SMILES string of the molecule is CCOc1ccc(C2CC(c3ccc(F)cc3)=NN2C(=O)CN(CC)C2CCCCC2)cc1. The van der Waals surface area contributed by atoms with Crippen molar-refractivity contribution in [3.63, 3.8) is 0 Å². The van der Waals surface area contributed by atoms with Gasteiger partial charge in [-0.2, -0.15) is 5.10 Å². The average Bonchev–Trinajstić information content (AvgIpc) is 3.30. The predicted octanol–water partition coefficient (Wildman–Crippen LogP) is 5.56. The number of ether oxygens (including phenoxy) is 1. The molecule has 2 aromatic carbocycles. The van der Waals surface area contributed by atoms with E-state index in [9.17, 15) is 9.18 Å². The van der Waals surface area contributed by atoms with Crippen molar-refractivity contribution in [3.8, 4) is 5.75 Å². The summed E-state index contributed by atoms with van der Waals surface area (Å²) in [6.45, 7) is 5.92. The molecule has 2 aliphatic rings. The molecule has 1 saturated carbocycles. The molecular weight excluding hydrogens is 417 g/mol. The number of carbonyl (C=O) groups excluding carboxylic acids is 1. The van der Waals surface area contributed by atoms with Gasteiger partial charge in [0.15, 0.2) is 0 Å². The molecule has 0 saturated heterocycles. The minimum Gasteiger partial charge on any atom is -0.494 e. The molecule has 0 aromatic heterocycles. The van der Waals surface area contributed by atoms with Gasteiger partial charge in [-0.05, 0) is 61.7 Å². The highest BCUT2D eigenvalue weighted by Crippen LogP contribution is 2.34. The molecular formula is C27H34FN3O2. The number of likely N-dealkylation sites (N-methyl/N-ethyl adjacent to an activating group) is 1. The first-order chi connectivity index (χ1) is 16.1. The standard InChI is InChI=1S/C27H34FN3O2/c1-3-30(23-8-6-5-7-9-23)19-27(32)31-26(21-12-16-24(17-13-21)33-4-2)18-25(29-31)20-10-14-22(28)15-11-20/h10-17,23,26H,3-9,18-19H2,1-2H3. The number of hydrogen-bond acceptors (Lipinski definition) is 4. The molecule has 1 aliphatic heterocycles. The second kappa shape index (κ2) is 10.9. The summed E-state index contributed by atoms with van der Waals surface area (Å²) >= 11 is 0. The van der Waals surface area contributed by atoms with Crippen molar-refractivity contribution in [2.24, 2.45) is 5.10 Å². The molecule has 1 unspecified atom stereocenters. The second-order valence-electron chi connectivity index (χ2n) is 8.87. The highest BCUT2D eigenvalue weighted by molar-refractivity contribution is 6.03. The van der Waals surface area contributed by atoms with Crippen molar-refractivity contribution in [3.05, 3.63) is 65.5 Å². The van der Waals surface area contributed by atoms with E-state index in [-0.39, 0.29) is 17.8 Å². The van der Waals surface area contributed by atoms with Crippen LogP contribution in [0.3, 0.4) is 0 Å². The van der Waals surface area contributed by atoms with Crippen LogP contribution in [0, 0.1) is 5.82 Å². The number of benzene rings is 2. The summed E-state index contributed by atoms with van der Waals surface area (Å²) < 4.78 is 19.0. The van der Waals surface area contributed by atoms with Gasteiger partial charge in [0, 0.05) is 12.5 Å². The zero-order valence-corrected chi connectivity index (χ0v) is 19.7. The van der Waals surface area contributed by atoms with Crippen LogP contribution in [0.25, 0.3) is 0 Å². The molecule has 6 heteroatoms. The predicted molar refractivity (Wildman–Crippen MR) is 129 cm³/mol. The van der Waals surface area contributed by atoms with Crippen LogP contribution in [0.5, 0.6) is 5.75 Å². The fraction of sp³-hybridized carbons (Fsp3) is 0.481. The lowest BCUT2D eigenvalue weighted by Gasteiger charge is -2.34. The Kier molecular flexibility index (Phi) is 7.76. The van der Waals surface area contributed by atoms with E-state index in [0.29, 0.717) is 25.6 Å². The number of nitrogens with zero attached hydrogens (tertiary/aromatic N) is 3. The summed E-state index contributed by atoms with van der Waals surface area (Å²) in [6.07, 6.45) is 6.68. The number of carbonyl (C=O) groups is 1. The van der Waals surface area contributed by atoms with Crippen LogP contribution in [0.15, 0.2) is 53.6 Å². The number of rotatable bonds is 8. The molecule has 0 radical (unpaired) electrons. The third-order valence-corrected chi connectivity index (χ3v) is 6.75. The van der Waals surface area contributed by atoms with Crippen molar-refractivity contribution in [1.82, 2.24) is 9.91 Å². The Morgan fingerprint density at radius 2 is 1.76 bits per heavy atom. The molecule has 33 heavy (non-hydrogen) atoms. The highest BCUT2D eigenvalue weighted by Gasteiger charge is 2.34.